The highest BCUT2D eigenvalue weighted by molar-refractivity contribution is 5.25. The summed E-state index contributed by atoms with van der Waals surface area (Å²) >= 11 is 0. The zero-order chi connectivity index (χ0) is 14.5. The Bertz CT molecular complexity index is 412. The number of nitrogens with zero attached hydrogens (tertiary/aromatic N) is 2. The average molecular weight is 286 g/mol. The number of benzene rings is 1. The van der Waals surface area contributed by atoms with Crippen molar-refractivity contribution in [2.45, 2.75) is 51.5 Å². The lowest BCUT2D eigenvalue weighted by atomic mass is 9.84. The minimum atomic E-state index is 0.834. The molecular formula is C19H30N2. The third kappa shape index (κ3) is 4.08. The van der Waals surface area contributed by atoms with Crippen LogP contribution < -0.4 is 0 Å². The monoisotopic (exact) mass is 286 g/mol. The molecule has 1 aromatic rings. The molecule has 1 heterocycles. The molecule has 2 heteroatoms. The summed E-state index contributed by atoms with van der Waals surface area (Å²) in [6.07, 6.45) is 7.09. The first kappa shape index (κ1) is 15.1. The van der Waals surface area contributed by atoms with Crippen LogP contribution in [0.15, 0.2) is 24.3 Å². The van der Waals surface area contributed by atoms with Crippen molar-refractivity contribution in [2.24, 2.45) is 0 Å². The van der Waals surface area contributed by atoms with E-state index < -0.39 is 0 Å². The number of rotatable bonds is 4. The van der Waals surface area contributed by atoms with Gasteiger partial charge in [0.05, 0.1) is 0 Å². The van der Waals surface area contributed by atoms with E-state index >= 15 is 0 Å². The van der Waals surface area contributed by atoms with E-state index in [9.17, 15) is 0 Å². The van der Waals surface area contributed by atoms with Crippen molar-refractivity contribution in [3.05, 3.63) is 35.4 Å². The molecule has 0 bridgehead atoms. The molecule has 0 spiro atoms. The van der Waals surface area contributed by atoms with E-state index in [1.165, 1.54) is 70.4 Å². The van der Waals surface area contributed by atoms with Crippen LogP contribution in [0.3, 0.4) is 0 Å². The predicted octanol–water partition coefficient (Wildman–Crippen LogP) is 3.87. The summed E-state index contributed by atoms with van der Waals surface area (Å²) < 4.78 is 0. The smallest absolute Gasteiger partial charge is 0.0234 e. The van der Waals surface area contributed by atoms with Gasteiger partial charge in [-0.25, -0.2) is 0 Å². The lowest BCUT2D eigenvalue weighted by Gasteiger charge is -2.34. The zero-order valence-corrected chi connectivity index (χ0v) is 13.6. The van der Waals surface area contributed by atoms with Crippen molar-refractivity contribution >= 4 is 0 Å². The minimum absolute atomic E-state index is 0.834. The van der Waals surface area contributed by atoms with Gasteiger partial charge in [0.25, 0.3) is 0 Å². The Morgan fingerprint density at radius 1 is 0.857 bits per heavy atom. The maximum absolute atomic E-state index is 2.60. The average Bonchev–Trinajstić information content (AvgIpc) is 2.57. The summed E-state index contributed by atoms with van der Waals surface area (Å²) in [4.78, 5) is 5.14. The minimum Gasteiger partial charge on any atom is -0.301 e. The van der Waals surface area contributed by atoms with E-state index in [0.29, 0.717) is 0 Å². The van der Waals surface area contributed by atoms with Gasteiger partial charge in [-0.15, -0.1) is 0 Å². The maximum atomic E-state index is 2.60. The molecule has 0 amide bonds. The summed E-state index contributed by atoms with van der Waals surface area (Å²) in [7, 11) is 0. The highest BCUT2D eigenvalue weighted by Gasteiger charge is 2.17. The lowest BCUT2D eigenvalue weighted by molar-refractivity contribution is 0.132. The van der Waals surface area contributed by atoms with Gasteiger partial charge in [0.15, 0.2) is 0 Å². The predicted molar refractivity (Wildman–Crippen MR) is 89.7 cm³/mol. The highest BCUT2D eigenvalue weighted by Crippen LogP contribution is 2.32. The Morgan fingerprint density at radius 3 is 2.10 bits per heavy atom. The van der Waals surface area contributed by atoms with Crippen LogP contribution in [0.2, 0.25) is 0 Å². The van der Waals surface area contributed by atoms with Gasteiger partial charge in [0.1, 0.15) is 0 Å². The molecule has 2 aliphatic rings. The Hall–Kier alpha value is -0.860. The zero-order valence-electron chi connectivity index (χ0n) is 13.6. The van der Waals surface area contributed by atoms with E-state index in [4.69, 9.17) is 0 Å². The number of likely N-dealkylation sites (N-methyl/N-ethyl adjacent to an activating group) is 1. The fraction of sp³-hybridized carbons (Fsp3) is 0.684. The summed E-state index contributed by atoms with van der Waals surface area (Å²) in [5, 5.41) is 0. The van der Waals surface area contributed by atoms with Gasteiger partial charge in [-0.1, -0.05) is 50.5 Å². The fourth-order valence-corrected chi connectivity index (χ4v) is 3.85. The van der Waals surface area contributed by atoms with Gasteiger partial charge >= 0.3 is 0 Å². The standard InChI is InChI=1S/C19H30N2/c1-2-20-12-14-21(15-13-20)16-17-8-10-19(11-9-17)18-6-4-3-5-7-18/h8-11,18H,2-7,12-16H2,1H3. The summed E-state index contributed by atoms with van der Waals surface area (Å²) in [5.74, 6) is 0.834. The molecule has 0 atom stereocenters. The molecular weight excluding hydrogens is 256 g/mol. The molecule has 0 aromatic heterocycles. The molecule has 1 aliphatic carbocycles. The number of hydrogen-bond donors (Lipinski definition) is 0. The molecule has 116 valence electrons. The molecule has 1 saturated heterocycles. The molecule has 1 aliphatic heterocycles. The van der Waals surface area contributed by atoms with E-state index in [1.807, 2.05) is 0 Å². The molecule has 21 heavy (non-hydrogen) atoms. The lowest BCUT2D eigenvalue weighted by Crippen LogP contribution is -2.45. The molecule has 1 saturated carbocycles. The van der Waals surface area contributed by atoms with E-state index in [0.717, 1.165) is 12.5 Å². The van der Waals surface area contributed by atoms with Crippen LogP contribution in [-0.4, -0.2) is 42.5 Å². The summed E-state index contributed by atoms with van der Waals surface area (Å²) in [5.41, 5.74) is 3.06. The van der Waals surface area contributed by atoms with Gasteiger partial charge in [-0.2, -0.15) is 0 Å². The van der Waals surface area contributed by atoms with Crippen molar-refractivity contribution in [1.82, 2.24) is 9.80 Å². The van der Waals surface area contributed by atoms with Gasteiger partial charge < -0.3 is 4.90 Å². The van der Waals surface area contributed by atoms with Gasteiger partial charge in [0.2, 0.25) is 0 Å². The van der Waals surface area contributed by atoms with Gasteiger partial charge in [-0.3, -0.25) is 4.90 Å². The van der Waals surface area contributed by atoms with E-state index in [1.54, 1.807) is 5.56 Å². The van der Waals surface area contributed by atoms with Crippen LogP contribution in [0.5, 0.6) is 0 Å². The maximum Gasteiger partial charge on any atom is 0.0234 e. The molecule has 2 fully saturated rings. The van der Waals surface area contributed by atoms with Crippen LogP contribution in [-0.2, 0) is 6.54 Å². The van der Waals surface area contributed by atoms with Crippen LogP contribution in [0, 0.1) is 0 Å². The Balaban J connectivity index is 1.52. The van der Waals surface area contributed by atoms with Gasteiger partial charge in [-0.05, 0) is 36.4 Å². The third-order valence-electron chi connectivity index (χ3n) is 5.37. The van der Waals surface area contributed by atoms with Crippen LogP contribution in [0.25, 0.3) is 0 Å². The SMILES string of the molecule is CCN1CCN(Cc2ccc(C3CCCCC3)cc2)CC1. The topological polar surface area (TPSA) is 6.48 Å². The quantitative estimate of drug-likeness (QED) is 0.829. The van der Waals surface area contributed by atoms with Crippen LogP contribution in [0.4, 0.5) is 0 Å². The van der Waals surface area contributed by atoms with Crippen molar-refractivity contribution < 1.29 is 0 Å². The Labute approximate surface area is 130 Å². The Morgan fingerprint density at radius 2 is 1.48 bits per heavy atom. The highest BCUT2D eigenvalue weighted by atomic mass is 15.3. The second-order valence-electron chi connectivity index (χ2n) is 6.79. The first-order valence-corrected chi connectivity index (χ1v) is 8.88. The molecule has 0 radical (unpaired) electrons. The third-order valence-corrected chi connectivity index (χ3v) is 5.37. The second kappa shape index (κ2) is 7.42. The van der Waals surface area contributed by atoms with Crippen LogP contribution in [0.1, 0.15) is 56.1 Å². The first-order chi connectivity index (χ1) is 10.3. The number of hydrogen-bond acceptors (Lipinski definition) is 2. The number of piperazine rings is 1. The first-order valence-electron chi connectivity index (χ1n) is 8.88. The van der Waals surface area contributed by atoms with Crippen molar-refractivity contribution in [3.63, 3.8) is 0 Å². The summed E-state index contributed by atoms with van der Waals surface area (Å²) in [6, 6.07) is 9.54. The van der Waals surface area contributed by atoms with E-state index in [2.05, 4.69) is 41.0 Å². The molecule has 3 rings (SSSR count). The van der Waals surface area contributed by atoms with E-state index in [-0.39, 0.29) is 0 Å². The van der Waals surface area contributed by atoms with Crippen molar-refractivity contribution in [3.8, 4) is 0 Å². The fourth-order valence-electron chi connectivity index (χ4n) is 3.85. The van der Waals surface area contributed by atoms with Crippen molar-refractivity contribution in [2.75, 3.05) is 32.7 Å². The molecule has 2 nitrogen and oxygen atoms in total. The summed E-state index contributed by atoms with van der Waals surface area (Å²) in [6.45, 7) is 9.50. The molecule has 0 N–H and O–H groups in total. The van der Waals surface area contributed by atoms with Crippen molar-refractivity contribution in [1.29, 1.82) is 0 Å². The van der Waals surface area contributed by atoms with Gasteiger partial charge in [0, 0.05) is 32.7 Å². The normalized spacial score (nSPS) is 22.5. The second-order valence-corrected chi connectivity index (χ2v) is 6.79. The largest absolute Gasteiger partial charge is 0.301 e. The molecule has 0 unspecified atom stereocenters. The van der Waals surface area contributed by atoms with Crippen LogP contribution >= 0.6 is 0 Å². The molecule has 1 aromatic carbocycles. The Kier molecular flexibility index (Phi) is 5.32.